The second-order valence-electron chi connectivity index (χ2n) is 4.63. The van der Waals surface area contributed by atoms with Crippen molar-refractivity contribution in [3.63, 3.8) is 0 Å². The van der Waals surface area contributed by atoms with Gasteiger partial charge in [0.1, 0.15) is 0 Å². The van der Waals surface area contributed by atoms with Gasteiger partial charge in [0.15, 0.2) is 0 Å². The van der Waals surface area contributed by atoms with Crippen molar-refractivity contribution >= 4 is 0 Å². The Balaban J connectivity index is 2.10. The zero-order valence-corrected chi connectivity index (χ0v) is 9.88. The maximum atomic E-state index is 5.08. The molecule has 84 valence electrons. The Morgan fingerprint density at radius 3 is 2.64 bits per heavy atom. The monoisotopic (exact) mass is 199 g/mol. The molecule has 0 aromatic carbocycles. The van der Waals surface area contributed by atoms with E-state index >= 15 is 0 Å². The first-order chi connectivity index (χ1) is 6.76. The molecule has 1 aliphatic rings. The molecule has 0 aliphatic heterocycles. The van der Waals surface area contributed by atoms with Crippen molar-refractivity contribution in [3.8, 4) is 0 Å². The lowest BCUT2D eigenvalue weighted by molar-refractivity contribution is 0.181. The van der Waals surface area contributed by atoms with Gasteiger partial charge in [-0.25, -0.2) is 0 Å². The third-order valence-electron chi connectivity index (χ3n) is 3.08. The van der Waals surface area contributed by atoms with E-state index in [9.17, 15) is 0 Å². The minimum Gasteiger partial charge on any atom is -0.385 e. The summed E-state index contributed by atoms with van der Waals surface area (Å²) in [4.78, 5) is 0. The van der Waals surface area contributed by atoms with Crippen molar-refractivity contribution < 1.29 is 4.74 Å². The quantitative estimate of drug-likeness (QED) is 0.649. The van der Waals surface area contributed by atoms with Crippen molar-refractivity contribution in [1.29, 1.82) is 0 Å². The standard InChI is InChI=1S/C12H25NO/c1-4-12(9-11-5-6-11)13-10(2)7-8-14-3/h10-13H,4-9H2,1-3H3. The molecule has 0 aromatic rings. The summed E-state index contributed by atoms with van der Waals surface area (Å²) in [6.45, 7) is 5.41. The fourth-order valence-electron chi connectivity index (χ4n) is 1.89. The molecule has 1 N–H and O–H groups in total. The Bertz CT molecular complexity index is 145. The molecule has 0 spiro atoms. The van der Waals surface area contributed by atoms with E-state index in [1.807, 2.05) is 0 Å². The SMILES string of the molecule is CCC(CC1CC1)NC(C)CCOC. The molecule has 1 aliphatic carbocycles. The summed E-state index contributed by atoms with van der Waals surface area (Å²) in [5.41, 5.74) is 0. The molecule has 0 saturated heterocycles. The molecule has 0 heterocycles. The number of methoxy groups -OCH3 is 1. The van der Waals surface area contributed by atoms with Crippen LogP contribution in [0.25, 0.3) is 0 Å². The van der Waals surface area contributed by atoms with E-state index in [2.05, 4.69) is 19.2 Å². The van der Waals surface area contributed by atoms with Crippen LogP contribution in [-0.2, 0) is 4.74 Å². The van der Waals surface area contributed by atoms with Crippen molar-refractivity contribution in [2.24, 2.45) is 5.92 Å². The number of rotatable bonds is 8. The molecule has 0 bridgehead atoms. The van der Waals surface area contributed by atoms with Crippen LogP contribution in [0.5, 0.6) is 0 Å². The Hall–Kier alpha value is -0.0800. The highest BCUT2D eigenvalue weighted by Gasteiger charge is 2.25. The van der Waals surface area contributed by atoms with Gasteiger partial charge in [-0.3, -0.25) is 0 Å². The Kier molecular flexibility index (Phi) is 5.49. The molecule has 2 unspecified atom stereocenters. The van der Waals surface area contributed by atoms with Crippen LogP contribution in [0.4, 0.5) is 0 Å². The van der Waals surface area contributed by atoms with Crippen LogP contribution in [0.2, 0.25) is 0 Å². The van der Waals surface area contributed by atoms with Crippen LogP contribution >= 0.6 is 0 Å². The van der Waals surface area contributed by atoms with Crippen molar-refractivity contribution in [3.05, 3.63) is 0 Å². The minimum absolute atomic E-state index is 0.596. The lowest BCUT2D eigenvalue weighted by atomic mass is 10.1. The normalized spacial score (nSPS) is 20.8. The second kappa shape index (κ2) is 6.41. The third-order valence-corrected chi connectivity index (χ3v) is 3.08. The number of hydrogen-bond acceptors (Lipinski definition) is 2. The summed E-state index contributed by atoms with van der Waals surface area (Å²) in [7, 11) is 1.77. The summed E-state index contributed by atoms with van der Waals surface area (Å²) >= 11 is 0. The van der Waals surface area contributed by atoms with Gasteiger partial charge < -0.3 is 10.1 Å². The minimum atomic E-state index is 0.596. The first-order valence-corrected chi connectivity index (χ1v) is 6.01. The second-order valence-corrected chi connectivity index (χ2v) is 4.63. The average molecular weight is 199 g/mol. The largest absolute Gasteiger partial charge is 0.385 e. The first kappa shape index (κ1) is 12.0. The van der Waals surface area contributed by atoms with Crippen molar-refractivity contribution in [2.75, 3.05) is 13.7 Å². The fraction of sp³-hybridized carbons (Fsp3) is 1.00. The van der Waals surface area contributed by atoms with Crippen LogP contribution < -0.4 is 5.32 Å². The third kappa shape index (κ3) is 4.97. The van der Waals surface area contributed by atoms with Crippen LogP contribution in [0.3, 0.4) is 0 Å². The van der Waals surface area contributed by atoms with E-state index in [4.69, 9.17) is 4.74 Å². The summed E-state index contributed by atoms with van der Waals surface area (Å²) in [5.74, 6) is 1.03. The lowest BCUT2D eigenvalue weighted by Crippen LogP contribution is -2.37. The van der Waals surface area contributed by atoms with Crippen LogP contribution in [0.1, 0.15) is 46.0 Å². The summed E-state index contributed by atoms with van der Waals surface area (Å²) in [5, 5.41) is 3.69. The molecule has 1 rings (SSSR count). The molecule has 2 nitrogen and oxygen atoms in total. The highest BCUT2D eigenvalue weighted by Crippen LogP contribution is 2.34. The zero-order valence-electron chi connectivity index (χ0n) is 9.88. The molecular formula is C12H25NO. The Labute approximate surface area is 88.4 Å². The number of hydrogen-bond donors (Lipinski definition) is 1. The smallest absolute Gasteiger partial charge is 0.0476 e. The van der Waals surface area contributed by atoms with Gasteiger partial charge in [-0.15, -0.1) is 0 Å². The molecule has 2 heteroatoms. The van der Waals surface area contributed by atoms with E-state index in [-0.39, 0.29) is 0 Å². The van der Waals surface area contributed by atoms with Gasteiger partial charge in [0.2, 0.25) is 0 Å². The lowest BCUT2D eigenvalue weighted by Gasteiger charge is -2.22. The summed E-state index contributed by atoms with van der Waals surface area (Å²) < 4.78 is 5.08. The molecule has 1 fully saturated rings. The molecule has 0 amide bonds. The van der Waals surface area contributed by atoms with Crippen LogP contribution in [0.15, 0.2) is 0 Å². The predicted octanol–water partition coefficient (Wildman–Crippen LogP) is 2.58. The van der Waals surface area contributed by atoms with Crippen molar-refractivity contribution in [2.45, 2.75) is 58.0 Å². The molecule has 14 heavy (non-hydrogen) atoms. The van der Waals surface area contributed by atoms with Gasteiger partial charge in [-0.2, -0.15) is 0 Å². The van der Waals surface area contributed by atoms with Crippen molar-refractivity contribution in [1.82, 2.24) is 5.32 Å². The molecule has 0 aromatic heterocycles. The number of ether oxygens (including phenoxy) is 1. The van der Waals surface area contributed by atoms with Gasteiger partial charge in [0.25, 0.3) is 0 Å². The number of nitrogens with one attached hydrogen (secondary N) is 1. The predicted molar refractivity (Wildman–Crippen MR) is 60.5 cm³/mol. The highest BCUT2D eigenvalue weighted by molar-refractivity contribution is 4.80. The van der Waals surface area contributed by atoms with E-state index in [0.717, 1.165) is 25.0 Å². The molecule has 0 radical (unpaired) electrons. The first-order valence-electron chi connectivity index (χ1n) is 6.01. The van der Waals surface area contributed by atoms with Gasteiger partial charge in [-0.05, 0) is 32.1 Å². The van der Waals surface area contributed by atoms with E-state index in [0.29, 0.717) is 6.04 Å². The van der Waals surface area contributed by atoms with E-state index < -0.39 is 0 Å². The Morgan fingerprint density at radius 1 is 1.43 bits per heavy atom. The van der Waals surface area contributed by atoms with E-state index in [1.165, 1.54) is 25.7 Å². The van der Waals surface area contributed by atoms with Gasteiger partial charge in [-0.1, -0.05) is 19.8 Å². The molecule has 2 atom stereocenters. The maximum absolute atomic E-state index is 5.08. The van der Waals surface area contributed by atoms with Gasteiger partial charge >= 0.3 is 0 Å². The Morgan fingerprint density at radius 2 is 2.14 bits per heavy atom. The topological polar surface area (TPSA) is 21.3 Å². The molecular weight excluding hydrogens is 174 g/mol. The zero-order chi connectivity index (χ0) is 10.4. The van der Waals surface area contributed by atoms with Gasteiger partial charge in [0, 0.05) is 25.8 Å². The maximum Gasteiger partial charge on any atom is 0.0476 e. The van der Waals surface area contributed by atoms with Crippen LogP contribution in [0, 0.1) is 5.92 Å². The summed E-state index contributed by atoms with van der Waals surface area (Å²) in [6, 6.07) is 1.33. The van der Waals surface area contributed by atoms with Crippen LogP contribution in [-0.4, -0.2) is 25.8 Å². The highest BCUT2D eigenvalue weighted by atomic mass is 16.5. The fourth-order valence-corrected chi connectivity index (χ4v) is 1.89. The van der Waals surface area contributed by atoms with E-state index in [1.54, 1.807) is 7.11 Å². The van der Waals surface area contributed by atoms with Gasteiger partial charge in [0.05, 0.1) is 0 Å². The average Bonchev–Trinajstić information content (AvgIpc) is 2.97. The molecule has 1 saturated carbocycles. The summed E-state index contributed by atoms with van der Waals surface area (Å²) in [6.07, 6.45) is 6.69.